The maximum atomic E-state index is 12.8. The molecule has 7 heteroatoms. The summed E-state index contributed by atoms with van der Waals surface area (Å²) in [5, 5.41) is 0.579. The Morgan fingerprint density at radius 1 is 1.09 bits per heavy atom. The lowest BCUT2D eigenvalue weighted by atomic mass is 10.2. The molecule has 2 heterocycles. The molecule has 0 radical (unpaired) electrons. The number of benzene rings is 1. The molecular weight excluding hydrogens is 306 g/mol. The number of sulfonamides is 1. The van der Waals surface area contributed by atoms with E-state index in [9.17, 15) is 13.2 Å². The second-order valence-corrected chi connectivity index (χ2v) is 7.47. The van der Waals surface area contributed by atoms with Crippen molar-refractivity contribution in [3.8, 4) is 0 Å². The van der Waals surface area contributed by atoms with E-state index in [0.717, 1.165) is 0 Å². The minimum Gasteiger partial charge on any atom is -0.423 e. The van der Waals surface area contributed by atoms with Crippen molar-refractivity contribution >= 4 is 21.0 Å². The first-order valence-electron chi connectivity index (χ1n) is 7.06. The summed E-state index contributed by atoms with van der Waals surface area (Å²) in [6, 6.07) is 7.34. The molecule has 3 rings (SSSR count). The summed E-state index contributed by atoms with van der Waals surface area (Å²) in [7, 11) is -3.60. The zero-order chi connectivity index (χ0) is 15.9. The zero-order valence-electron chi connectivity index (χ0n) is 12.4. The summed E-state index contributed by atoms with van der Waals surface area (Å²) in [5.74, 6) is 0. The van der Waals surface area contributed by atoms with E-state index in [1.165, 1.54) is 28.6 Å². The van der Waals surface area contributed by atoms with Gasteiger partial charge in [0, 0.05) is 24.5 Å². The van der Waals surface area contributed by atoms with Crippen LogP contribution in [-0.4, -0.2) is 38.0 Å². The van der Waals surface area contributed by atoms with Crippen LogP contribution in [0.3, 0.4) is 0 Å². The number of ether oxygens (including phenoxy) is 1. The molecule has 0 bridgehead atoms. The van der Waals surface area contributed by atoms with Crippen molar-refractivity contribution in [3.05, 3.63) is 40.8 Å². The fraction of sp³-hybridized carbons (Fsp3) is 0.400. The van der Waals surface area contributed by atoms with Crippen molar-refractivity contribution in [2.24, 2.45) is 0 Å². The average molecular weight is 323 g/mol. The molecule has 0 N–H and O–H groups in total. The number of nitrogens with zero attached hydrogens (tertiary/aromatic N) is 1. The normalized spacial score (nSPS) is 23.7. The standard InChI is InChI=1S/C15H17NO5S/c1-10-8-16(9-11(2)20-10)22(18,19)13-4-5-14-12(7-13)3-6-15(17)21-14/h3-7,10-11H,8-9H2,1-2H3. The molecule has 22 heavy (non-hydrogen) atoms. The number of hydrogen-bond donors (Lipinski definition) is 0. The summed E-state index contributed by atoms with van der Waals surface area (Å²) < 4.78 is 37.6. The highest BCUT2D eigenvalue weighted by molar-refractivity contribution is 7.89. The number of hydrogen-bond acceptors (Lipinski definition) is 5. The quantitative estimate of drug-likeness (QED) is 0.785. The van der Waals surface area contributed by atoms with E-state index in [-0.39, 0.29) is 17.1 Å². The van der Waals surface area contributed by atoms with Crippen molar-refractivity contribution < 1.29 is 17.6 Å². The smallest absolute Gasteiger partial charge is 0.336 e. The first-order valence-corrected chi connectivity index (χ1v) is 8.50. The van der Waals surface area contributed by atoms with Crippen LogP contribution in [0.2, 0.25) is 0 Å². The maximum absolute atomic E-state index is 12.8. The lowest BCUT2D eigenvalue weighted by molar-refractivity contribution is -0.0440. The van der Waals surface area contributed by atoms with Crippen LogP contribution in [0.15, 0.2) is 44.4 Å². The van der Waals surface area contributed by atoms with Crippen molar-refractivity contribution in [2.45, 2.75) is 31.0 Å². The summed E-state index contributed by atoms with van der Waals surface area (Å²) >= 11 is 0. The summed E-state index contributed by atoms with van der Waals surface area (Å²) in [4.78, 5) is 11.4. The highest BCUT2D eigenvalue weighted by Crippen LogP contribution is 2.24. The highest BCUT2D eigenvalue weighted by Gasteiger charge is 2.32. The molecule has 1 aromatic heterocycles. The molecule has 0 aliphatic carbocycles. The van der Waals surface area contributed by atoms with Crippen LogP contribution in [0.25, 0.3) is 11.0 Å². The molecule has 1 aliphatic heterocycles. The number of rotatable bonds is 2. The molecule has 0 spiro atoms. The SMILES string of the molecule is CC1CN(S(=O)(=O)c2ccc3oc(=O)ccc3c2)CC(C)O1. The van der Waals surface area contributed by atoms with E-state index in [0.29, 0.717) is 24.1 Å². The third kappa shape index (κ3) is 2.79. The van der Waals surface area contributed by atoms with E-state index < -0.39 is 15.6 Å². The highest BCUT2D eigenvalue weighted by atomic mass is 32.2. The lowest BCUT2D eigenvalue weighted by Crippen LogP contribution is -2.48. The molecular formula is C15H17NO5S. The van der Waals surface area contributed by atoms with E-state index in [1.54, 1.807) is 6.07 Å². The van der Waals surface area contributed by atoms with Gasteiger partial charge in [-0.3, -0.25) is 0 Å². The molecule has 6 nitrogen and oxygen atoms in total. The zero-order valence-corrected chi connectivity index (χ0v) is 13.2. The molecule has 2 atom stereocenters. The van der Waals surface area contributed by atoms with E-state index >= 15 is 0 Å². The predicted molar refractivity (Wildman–Crippen MR) is 81.3 cm³/mol. The van der Waals surface area contributed by atoms with E-state index in [2.05, 4.69) is 0 Å². The molecule has 1 saturated heterocycles. The van der Waals surface area contributed by atoms with Crippen LogP contribution in [-0.2, 0) is 14.8 Å². The van der Waals surface area contributed by atoms with Crippen LogP contribution >= 0.6 is 0 Å². The van der Waals surface area contributed by atoms with Crippen LogP contribution < -0.4 is 5.63 Å². The van der Waals surface area contributed by atoms with Crippen LogP contribution in [0.5, 0.6) is 0 Å². The molecule has 1 aromatic carbocycles. The fourth-order valence-electron chi connectivity index (χ4n) is 2.69. The Kier molecular flexibility index (Phi) is 3.80. The topological polar surface area (TPSA) is 76.8 Å². The van der Waals surface area contributed by atoms with Gasteiger partial charge in [-0.05, 0) is 38.1 Å². The Labute approximate surface area is 128 Å². The Morgan fingerprint density at radius 2 is 1.77 bits per heavy atom. The van der Waals surface area contributed by atoms with Gasteiger partial charge in [0.25, 0.3) is 0 Å². The van der Waals surface area contributed by atoms with Gasteiger partial charge in [0.1, 0.15) is 5.58 Å². The molecule has 1 fully saturated rings. The van der Waals surface area contributed by atoms with Crippen molar-refractivity contribution in [3.63, 3.8) is 0 Å². The van der Waals surface area contributed by atoms with Gasteiger partial charge in [0.15, 0.2) is 0 Å². The van der Waals surface area contributed by atoms with Crippen LogP contribution in [0.1, 0.15) is 13.8 Å². The predicted octanol–water partition coefficient (Wildman–Crippen LogP) is 1.59. The summed E-state index contributed by atoms with van der Waals surface area (Å²) in [6.07, 6.45) is -0.283. The molecule has 0 saturated carbocycles. The summed E-state index contributed by atoms with van der Waals surface area (Å²) in [5.41, 5.74) is -0.0888. The van der Waals surface area contributed by atoms with Crippen molar-refractivity contribution in [1.82, 2.24) is 4.31 Å². The monoisotopic (exact) mass is 323 g/mol. The Morgan fingerprint density at radius 3 is 2.45 bits per heavy atom. The average Bonchev–Trinajstić information content (AvgIpc) is 2.45. The van der Waals surface area contributed by atoms with Gasteiger partial charge in [-0.15, -0.1) is 0 Å². The van der Waals surface area contributed by atoms with Gasteiger partial charge in [0.05, 0.1) is 17.1 Å². The minimum absolute atomic E-state index is 0.142. The number of morpholine rings is 1. The molecule has 118 valence electrons. The van der Waals surface area contributed by atoms with Gasteiger partial charge < -0.3 is 9.15 Å². The molecule has 2 unspecified atom stereocenters. The third-order valence-corrected chi connectivity index (χ3v) is 5.44. The fourth-order valence-corrected chi connectivity index (χ4v) is 4.31. The third-order valence-electron chi connectivity index (χ3n) is 3.61. The first-order chi connectivity index (χ1) is 10.4. The summed E-state index contributed by atoms with van der Waals surface area (Å²) in [6.45, 7) is 4.36. The van der Waals surface area contributed by atoms with Crippen LogP contribution in [0, 0.1) is 0 Å². The number of fused-ring (bicyclic) bond motifs is 1. The van der Waals surface area contributed by atoms with Gasteiger partial charge in [0.2, 0.25) is 10.0 Å². The first kappa shape index (κ1) is 15.2. The van der Waals surface area contributed by atoms with Crippen LogP contribution in [0.4, 0.5) is 0 Å². The lowest BCUT2D eigenvalue weighted by Gasteiger charge is -2.34. The molecule has 1 aliphatic rings. The largest absolute Gasteiger partial charge is 0.423 e. The van der Waals surface area contributed by atoms with Gasteiger partial charge in [-0.2, -0.15) is 4.31 Å². The molecule has 0 amide bonds. The maximum Gasteiger partial charge on any atom is 0.336 e. The van der Waals surface area contributed by atoms with Crippen molar-refractivity contribution in [1.29, 1.82) is 0 Å². The van der Waals surface area contributed by atoms with Crippen molar-refractivity contribution in [2.75, 3.05) is 13.1 Å². The van der Waals surface area contributed by atoms with Gasteiger partial charge in [-0.1, -0.05) is 0 Å². The second-order valence-electron chi connectivity index (χ2n) is 5.53. The molecule has 2 aromatic rings. The van der Waals surface area contributed by atoms with Gasteiger partial charge in [-0.25, -0.2) is 13.2 Å². The minimum atomic E-state index is -3.60. The Bertz CT molecular complexity index is 848. The van der Waals surface area contributed by atoms with E-state index in [1.807, 2.05) is 13.8 Å². The Balaban J connectivity index is 2.01. The van der Waals surface area contributed by atoms with Gasteiger partial charge >= 0.3 is 5.63 Å². The Hall–Kier alpha value is -1.70. The second kappa shape index (κ2) is 5.49. The van der Waals surface area contributed by atoms with E-state index in [4.69, 9.17) is 9.15 Å².